The molecule has 136 valence electrons. The van der Waals surface area contributed by atoms with Crippen LogP contribution in [0.4, 0.5) is 0 Å². The van der Waals surface area contributed by atoms with Gasteiger partial charge < -0.3 is 24.1 Å². The molecule has 3 heterocycles. The van der Waals surface area contributed by atoms with Gasteiger partial charge in [0, 0.05) is 38.0 Å². The summed E-state index contributed by atoms with van der Waals surface area (Å²) in [6.45, 7) is 3.00. The van der Waals surface area contributed by atoms with Gasteiger partial charge in [-0.05, 0) is 31.1 Å². The van der Waals surface area contributed by atoms with Crippen LogP contribution in [0, 0.1) is 5.92 Å². The van der Waals surface area contributed by atoms with Crippen molar-refractivity contribution in [1.29, 1.82) is 0 Å². The van der Waals surface area contributed by atoms with Gasteiger partial charge in [0.05, 0.1) is 19.5 Å². The number of ether oxygens (including phenoxy) is 2. The van der Waals surface area contributed by atoms with Crippen molar-refractivity contribution >= 4 is 17.9 Å². The summed E-state index contributed by atoms with van der Waals surface area (Å²) < 4.78 is 16.2. The van der Waals surface area contributed by atoms with E-state index in [2.05, 4.69) is 5.32 Å². The van der Waals surface area contributed by atoms with Gasteiger partial charge in [-0.3, -0.25) is 9.59 Å². The number of carbonyl (C=O) groups is 2. The highest BCUT2D eigenvalue weighted by atomic mass is 16.7. The SMILES string of the molecule is O=C(/C=C/c1ccco1)NCCC(=O)N1CCCC(C2OCCO2)C1. The number of carbonyl (C=O) groups excluding carboxylic acids is 2. The monoisotopic (exact) mass is 348 g/mol. The first-order valence-corrected chi connectivity index (χ1v) is 8.73. The van der Waals surface area contributed by atoms with Crippen molar-refractivity contribution in [3.63, 3.8) is 0 Å². The van der Waals surface area contributed by atoms with Crippen LogP contribution in [0.15, 0.2) is 28.9 Å². The summed E-state index contributed by atoms with van der Waals surface area (Å²) in [6.07, 6.45) is 6.62. The molecule has 2 aliphatic heterocycles. The topological polar surface area (TPSA) is 81.0 Å². The molecule has 1 unspecified atom stereocenters. The molecule has 0 spiro atoms. The summed E-state index contributed by atoms with van der Waals surface area (Å²) in [7, 11) is 0. The highest BCUT2D eigenvalue weighted by molar-refractivity contribution is 5.91. The second-order valence-electron chi connectivity index (χ2n) is 6.24. The average Bonchev–Trinajstić information content (AvgIpc) is 3.33. The van der Waals surface area contributed by atoms with Gasteiger partial charge in [-0.15, -0.1) is 0 Å². The van der Waals surface area contributed by atoms with Crippen molar-refractivity contribution in [2.75, 3.05) is 32.8 Å². The quantitative estimate of drug-likeness (QED) is 0.786. The number of piperidine rings is 1. The van der Waals surface area contributed by atoms with Crippen molar-refractivity contribution in [3.8, 4) is 0 Å². The van der Waals surface area contributed by atoms with Crippen LogP contribution in [-0.2, 0) is 19.1 Å². The standard InChI is InChI=1S/C18H24N2O5/c21-16(6-5-15-4-2-10-23-15)19-8-7-17(22)20-9-1-3-14(13-20)18-24-11-12-25-18/h2,4-6,10,14,18H,1,3,7-9,11-13H2,(H,19,21)/b6-5+. The predicted octanol–water partition coefficient (Wildman–Crippen LogP) is 1.41. The molecule has 2 aliphatic rings. The van der Waals surface area contributed by atoms with E-state index >= 15 is 0 Å². The van der Waals surface area contributed by atoms with Gasteiger partial charge in [0.2, 0.25) is 11.8 Å². The van der Waals surface area contributed by atoms with E-state index in [1.54, 1.807) is 24.5 Å². The van der Waals surface area contributed by atoms with Gasteiger partial charge in [-0.1, -0.05) is 0 Å². The molecule has 0 aliphatic carbocycles. The molecule has 3 rings (SSSR count). The van der Waals surface area contributed by atoms with Crippen LogP contribution in [-0.4, -0.2) is 55.9 Å². The Morgan fingerprint density at radius 2 is 2.16 bits per heavy atom. The maximum atomic E-state index is 12.3. The van der Waals surface area contributed by atoms with Gasteiger partial charge in [0.1, 0.15) is 5.76 Å². The molecule has 1 aromatic rings. The Hall–Kier alpha value is -2.12. The molecule has 25 heavy (non-hydrogen) atoms. The molecular weight excluding hydrogens is 324 g/mol. The van der Waals surface area contributed by atoms with Gasteiger partial charge in [-0.2, -0.15) is 0 Å². The third-order valence-corrected chi connectivity index (χ3v) is 4.42. The first-order valence-electron chi connectivity index (χ1n) is 8.73. The number of hydrogen-bond acceptors (Lipinski definition) is 5. The summed E-state index contributed by atoms with van der Waals surface area (Å²) in [4.78, 5) is 25.9. The normalized spacial score (nSPS) is 21.8. The minimum absolute atomic E-state index is 0.0537. The Morgan fingerprint density at radius 1 is 1.32 bits per heavy atom. The molecule has 1 aromatic heterocycles. The number of hydrogen-bond donors (Lipinski definition) is 1. The van der Waals surface area contributed by atoms with Crippen LogP contribution in [0.5, 0.6) is 0 Å². The Labute approximate surface area is 146 Å². The molecule has 7 nitrogen and oxygen atoms in total. The lowest BCUT2D eigenvalue weighted by Gasteiger charge is -2.34. The largest absolute Gasteiger partial charge is 0.465 e. The Balaban J connectivity index is 1.37. The third kappa shape index (κ3) is 5.17. The fourth-order valence-electron chi connectivity index (χ4n) is 3.16. The molecule has 0 aromatic carbocycles. The lowest BCUT2D eigenvalue weighted by atomic mass is 9.97. The summed E-state index contributed by atoms with van der Waals surface area (Å²) in [5.74, 6) is 0.666. The molecule has 1 atom stereocenters. The van der Waals surface area contributed by atoms with E-state index < -0.39 is 0 Å². The van der Waals surface area contributed by atoms with Gasteiger partial charge in [0.25, 0.3) is 0 Å². The summed E-state index contributed by atoms with van der Waals surface area (Å²) in [6, 6.07) is 3.52. The molecule has 1 N–H and O–H groups in total. The van der Waals surface area contributed by atoms with Crippen LogP contribution < -0.4 is 5.32 Å². The molecule has 2 saturated heterocycles. The maximum absolute atomic E-state index is 12.3. The second kappa shape index (κ2) is 8.82. The average molecular weight is 348 g/mol. The van der Waals surface area contributed by atoms with E-state index in [1.165, 1.54) is 6.08 Å². The Bertz CT molecular complexity index is 593. The highest BCUT2D eigenvalue weighted by Gasteiger charge is 2.32. The smallest absolute Gasteiger partial charge is 0.244 e. The Kier molecular flexibility index (Phi) is 6.25. The number of rotatable bonds is 6. The fraction of sp³-hybridized carbons (Fsp3) is 0.556. The molecule has 0 saturated carbocycles. The maximum Gasteiger partial charge on any atom is 0.244 e. The van der Waals surface area contributed by atoms with Crippen molar-refractivity contribution in [1.82, 2.24) is 10.2 Å². The van der Waals surface area contributed by atoms with Crippen molar-refractivity contribution in [2.45, 2.75) is 25.6 Å². The van der Waals surface area contributed by atoms with E-state index in [9.17, 15) is 9.59 Å². The predicted molar refractivity (Wildman–Crippen MR) is 90.4 cm³/mol. The van der Waals surface area contributed by atoms with Crippen molar-refractivity contribution < 1.29 is 23.5 Å². The minimum Gasteiger partial charge on any atom is -0.465 e. The summed E-state index contributed by atoms with van der Waals surface area (Å²) in [5.41, 5.74) is 0. The van der Waals surface area contributed by atoms with E-state index in [0.29, 0.717) is 38.5 Å². The van der Waals surface area contributed by atoms with Crippen LogP contribution in [0.25, 0.3) is 6.08 Å². The zero-order valence-corrected chi connectivity index (χ0v) is 14.2. The van der Waals surface area contributed by atoms with E-state index in [4.69, 9.17) is 13.9 Å². The number of nitrogens with one attached hydrogen (secondary N) is 1. The van der Waals surface area contributed by atoms with Gasteiger partial charge >= 0.3 is 0 Å². The van der Waals surface area contributed by atoms with Gasteiger partial charge in [-0.25, -0.2) is 0 Å². The van der Waals surface area contributed by atoms with Crippen LogP contribution in [0.1, 0.15) is 25.0 Å². The number of furan rings is 1. The van der Waals surface area contributed by atoms with E-state index in [1.807, 2.05) is 4.90 Å². The summed E-state index contributed by atoms with van der Waals surface area (Å²) >= 11 is 0. The number of nitrogens with zero attached hydrogens (tertiary/aromatic N) is 1. The van der Waals surface area contributed by atoms with E-state index in [0.717, 1.165) is 19.4 Å². The first kappa shape index (κ1) is 17.7. The molecule has 0 bridgehead atoms. The summed E-state index contributed by atoms with van der Waals surface area (Å²) in [5, 5.41) is 2.72. The number of amides is 2. The zero-order chi connectivity index (χ0) is 17.5. The van der Waals surface area contributed by atoms with Crippen molar-refractivity contribution in [2.24, 2.45) is 5.92 Å². The van der Waals surface area contributed by atoms with Crippen LogP contribution in [0.2, 0.25) is 0 Å². The third-order valence-electron chi connectivity index (χ3n) is 4.42. The second-order valence-corrected chi connectivity index (χ2v) is 6.24. The van der Waals surface area contributed by atoms with Crippen LogP contribution in [0.3, 0.4) is 0 Å². The first-order chi connectivity index (χ1) is 12.2. The fourth-order valence-corrected chi connectivity index (χ4v) is 3.16. The zero-order valence-electron chi connectivity index (χ0n) is 14.2. The Morgan fingerprint density at radius 3 is 2.92 bits per heavy atom. The minimum atomic E-state index is -0.242. The van der Waals surface area contributed by atoms with Crippen molar-refractivity contribution in [3.05, 3.63) is 30.2 Å². The van der Waals surface area contributed by atoms with Gasteiger partial charge in [0.15, 0.2) is 6.29 Å². The molecule has 2 amide bonds. The molecular formula is C18H24N2O5. The lowest BCUT2D eigenvalue weighted by Crippen LogP contribution is -2.44. The lowest BCUT2D eigenvalue weighted by molar-refractivity contribution is -0.139. The van der Waals surface area contributed by atoms with Crippen LogP contribution >= 0.6 is 0 Å². The molecule has 0 radical (unpaired) electrons. The number of likely N-dealkylation sites (tertiary alicyclic amines) is 1. The highest BCUT2D eigenvalue weighted by Crippen LogP contribution is 2.25. The van der Waals surface area contributed by atoms with E-state index in [-0.39, 0.29) is 24.0 Å². The molecule has 7 heteroatoms. The molecule has 2 fully saturated rings.